The highest BCUT2D eigenvalue weighted by Gasteiger charge is 2.05. The minimum atomic E-state index is 0.492. The van der Waals surface area contributed by atoms with Crippen molar-refractivity contribution in [3.63, 3.8) is 0 Å². The van der Waals surface area contributed by atoms with Crippen LogP contribution in [0.4, 0.5) is 0 Å². The van der Waals surface area contributed by atoms with Gasteiger partial charge in [-0.25, -0.2) is 0 Å². The summed E-state index contributed by atoms with van der Waals surface area (Å²) < 4.78 is 7.52. The van der Waals surface area contributed by atoms with E-state index < -0.39 is 0 Å². The predicted molar refractivity (Wildman–Crippen MR) is 81.3 cm³/mol. The van der Waals surface area contributed by atoms with Crippen molar-refractivity contribution in [3.05, 3.63) is 55.9 Å². The monoisotopic (exact) mass is 389 g/mol. The molecule has 0 fully saturated rings. The lowest BCUT2D eigenvalue weighted by atomic mass is 10.2. The molecular formula is C13H10Br2ClNO. The van der Waals surface area contributed by atoms with Crippen LogP contribution in [0.1, 0.15) is 5.56 Å². The molecule has 2 aromatic rings. The van der Waals surface area contributed by atoms with Gasteiger partial charge in [0.25, 0.3) is 0 Å². The first-order valence-electron chi connectivity index (χ1n) is 5.21. The van der Waals surface area contributed by atoms with E-state index in [0.29, 0.717) is 17.3 Å². The first kappa shape index (κ1) is 13.9. The summed E-state index contributed by atoms with van der Waals surface area (Å²) in [7, 11) is 0. The molecule has 2 rings (SSSR count). The van der Waals surface area contributed by atoms with Crippen LogP contribution in [-0.2, 0) is 6.54 Å². The fraction of sp³-hybridized carbons (Fsp3) is 0.0769. The number of benzene rings is 2. The second kappa shape index (κ2) is 6.06. The third-order valence-electron chi connectivity index (χ3n) is 2.37. The number of hydrogen-bond donors (Lipinski definition) is 1. The highest BCUT2D eigenvalue weighted by Crippen LogP contribution is 2.33. The van der Waals surface area contributed by atoms with E-state index in [1.165, 1.54) is 0 Å². The molecule has 0 amide bonds. The second-order valence-corrected chi connectivity index (χ2v) is 5.78. The van der Waals surface area contributed by atoms with E-state index in [0.717, 1.165) is 20.3 Å². The first-order valence-corrected chi connectivity index (χ1v) is 7.18. The average Bonchev–Trinajstić information content (AvgIpc) is 2.33. The van der Waals surface area contributed by atoms with Crippen molar-refractivity contribution >= 4 is 43.5 Å². The van der Waals surface area contributed by atoms with Crippen LogP contribution in [0.5, 0.6) is 11.5 Å². The SMILES string of the molecule is NCc1ccc(Oc2ccc(Cl)cc2Br)cc1Br. The van der Waals surface area contributed by atoms with Gasteiger partial charge in [0.15, 0.2) is 0 Å². The predicted octanol–water partition coefficient (Wildman–Crippen LogP) is 5.12. The van der Waals surface area contributed by atoms with Crippen molar-refractivity contribution in [2.45, 2.75) is 6.54 Å². The van der Waals surface area contributed by atoms with E-state index in [1.54, 1.807) is 12.1 Å². The molecule has 0 spiro atoms. The van der Waals surface area contributed by atoms with E-state index in [9.17, 15) is 0 Å². The van der Waals surface area contributed by atoms with Crippen molar-refractivity contribution in [2.24, 2.45) is 5.73 Å². The van der Waals surface area contributed by atoms with Crippen molar-refractivity contribution in [1.82, 2.24) is 0 Å². The van der Waals surface area contributed by atoms with Crippen LogP contribution in [0.2, 0.25) is 5.02 Å². The van der Waals surface area contributed by atoms with Gasteiger partial charge in [0.1, 0.15) is 11.5 Å². The van der Waals surface area contributed by atoms with Crippen molar-refractivity contribution < 1.29 is 4.74 Å². The summed E-state index contributed by atoms with van der Waals surface area (Å²) in [5, 5.41) is 0.661. The van der Waals surface area contributed by atoms with E-state index in [-0.39, 0.29) is 0 Å². The normalized spacial score (nSPS) is 10.4. The summed E-state index contributed by atoms with van der Waals surface area (Å²) in [6, 6.07) is 11.1. The lowest BCUT2D eigenvalue weighted by molar-refractivity contribution is 0.479. The van der Waals surface area contributed by atoms with Crippen LogP contribution in [0, 0.1) is 0 Å². The Morgan fingerprint density at radius 1 is 1.06 bits per heavy atom. The molecule has 0 saturated heterocycles. The zero-order chi connectivity index (χ0) is 13.1. The van der Waals surface area contributed by atoms with Gasteiger partial charge >= 0.3 is 0 Å². The number of nitrogens with two attached hydrogens (primary N) is 1. The van der Waals surface area contributed by atoms with Gasteiger partial charge in [0.2, 0.25) is 0 Å². The van der Waals surface area contributed by atoms with Gasteiger partial charge in [-0.2, -0.15) is 0 Å². The maximum absolute atomic E-state index is 5.88. The lowest BCUT2D eigenvalue weighted by Crippen LogP contribution is -1.97. The summed E-state index contributed by atoms with van der Waals surface area (Å²) in [5.41, 5.74) is 6.64. The largest absolute Gasteiger partial charge is 0.456 e. The molecule has 0 aliphatic heterocycles. The van der Waals surface area contributed by atoms with Gasteiger partial charge in [-0.15, -0.1) is 0 Å². The van der Waals surface area contributed by atoms with Crippen LogP contribution >= 0.6 is 43.5 Å². The Morgan fingerprint density at radius 3 is 2.44 bits per heavy atom. The Hall–Kier alpha value is -0.550. The van der Waals surface area contributed by atoms with Gasteiger partial charge in [-0.1, -0.05) is 33.6 Å². The van der Waals surface area contributed by atoms with Gasteiger partial charge in [0, 0.05) is 16.0 Å². The highest BCUT2D eigenvalue weighted by atomic mass is 79.9. The number of rotatable bonds is 3. The molecule has 0 radical (unpaired) electrons. The zero-order valence-electron chi connectivity index (χ0n) is 9.29. The Bertz CT molecular complexity index is 575. The van der Waals surface area contributed by atoms with Gasteiger partial charge in [-0.05, 0) is 51.8 Å². The van der Waals surface area contributed by atoms with Crippen LogP contribution in [-0.4, -0.2) is 0 Å². The minimum absolute atomic E-state index is 0.492. The van der Waals surface area contributed by atoms with E-state index >= 15 is 0 Å². The van der Waals surface area contributed by atoms with Crippen LogP contribution in [0.25, 0.3) is 0 Å². The smallest absolute Gasteiger partial charge is 0.141 e. The summed E-state index contributed by atoms with van der Waals surface area (Å²) in [5.74, 6) is 1.45. The molecule has 0 saturated carbocycles. The maximum atomic E-state index is 5.88. The molecule has 0 unspecified atom stereocenters. The number of hydrogen-bond acceptors (Lipinski definition) is 2. The third kappa shape index (κ3) is 3.26. The molecule has 0 aliphatic carbocycles. The molecule has 5 heteroatoms. The summed E-state index contributed by atoms with van der Waals surface area (Å²) in [6.07, 6.45) is 0. The number of halogens is 3. The van der Waals surface area contributed by atoms with Crippen LogP contribution in [0.15, 0.2) is 45.3 Å². The fourth-order valence-corrected chi connectivity index (χ4v) is 2.73. The lowest BCUT2D eigenvalue weighted by Gasteiger charge is -2.09. The van der Waals surface area contributed by atoms with Gasteiger partial charge in [-0.3, -0.25) is 0 Å². The Kier molecular flexibility index (Phi) is 4.67. The second-order valence-electron chi connectivity index (χ2n) is 3.63. The highest BCUT2D eigenvalue weighted by molar-refractivity contribution is 9.10. The van der Waals surface area contributed by atoms with E-state index in [1.807, 2.05) is 24.3 Å². The quantitative estimate of drug-likeness (QED) is 0.789. The third-order valence-corrected chi connectivity index (χ3v) is 3.96. The molecule has 2 nitrogen and oxygen atoms in total. The Balaban J connectivity index is 2.26. The Labute approximate surface area is 127 Å². The molecule has 18 heavy (non-hydrogen) atoms. The van der Waals surface area contributed by atoms with Crippen molar-refractivity contribution in [2.75, 3.05) is 0 Å². The van der Waals surface area contributed by atoms with Crippen molar-refractivity contribution in [1.29, 1.82) is 0 Å². The molecular weight excluding hydrogens is 381 g/mol. The first-order chi connectivity index (χ1) is 8.60. The molecule has 0 atom stereocenters. The summed E-state index contributed by atoms with van der Waals surface area (Å²) >= 11 is 12.7. The standard InChI is InChI=1S/C13H10Br2ClNO/c14-11-6-10(3-1-8(11)7-17)18-13-4-2-9(16)5-12(13)15/h1-6H,7,17H2. The van der Waals surface area contributed by atoms with E-state index in [4.69, 9.17) is 22.1 Å². The van der Waals surface area contributed by atoms with Crippen molar-refractivity contribution in [3.8, 4) is 11.5 Å². The van der Waals surface area contributed by atoms with Crippen LogP contribution in [0.3, 0.4) is 0 Å². The molecule has 0 heterocycles. The molecule has 0 bridgehead atoms. The molecule has 0 aliphatic rings. The van der Waals surface area contributed by atoms with Gasteiger partial charge in [0.05, 0.1) is 4.47 Å². The summed E-state index contributed by atoms with van der Waals surface area (Å²) in [4.78, 5) is 0. The fourth-order valence-electron chi connectivity index (χ4n) is 1.44. The van der Waals surface area contributed by atoms with Crippen LogP contribution < -0.4 is 10.5 Å². The Morgan fingerprint density at radius 2 is 1.83 bits per heavy atom. The maximum Gasteiger partial charge on any atom is 0.141 e. The average molecular weight is 391 g/mol. The molecule has 0 aromatic heterocycles. The van der Waals surface area contributed by atoms with Gasteiger partial charge < -0.3 is 10.5 Å². The molecule has 94 valence electrons. The minimum Gasteiger partial charge on any atom is -0.456 e. The number of ether oxygens (including phenoxy) is 1. The van der Waals surface area contributed by atoms with E-state index in [2.05, 4.69) is 31.9 Å². The summed E-state index contributed by atoms with van der Waals surface area (Å²) in [6.45, 7) is 0.492. The zero-order valence-corrected chi connectivity index (χ0v) is 13.2. The topological polar surface area (TPSA) is 35.2 Å². The molecule has 2 N–H and O–H groups in total. The molecule has 2 aromatic carbocycles.